The maximum absolute atomic E-state index is 12.1. The average Bonchev–Trinajstić information content (AvgIpc) is 2.49. The molecule has 0 aromatic heterocycles. The molecular formula is C19H34O4. The zero-order valence-corrected chi connectivity index (χ0v) is 15.0. The smallest absolute Gasteiger partial charge is 0.310 e. The van der Waals surface area contributed by atoms with Crippen LogP contribution < -0.4 is 0 Å². The van der Waals surface area contributed by atoms with Crippen LogP contribution in [-0.2, 0) is 9.59 Å². The molecular weight excluding hydrogens is 292 g/mol. The van der Waals surface area contributed by atoms with Gasteiger partial charge in [-0.15, -0.1) is 0 Å². The van der Waals surface area contributed by atoms with Crippen molar-refractivity contribution in [1.82, 2.24) is 0 Å². The first-order valence-corrected chi connectivity index (χ1v) is 9.34. The molecule has 0 aromatic rings. The van der Waals surface area contributed by atoms with Gasteiger partial charge in [0, 0.05) is 0 Å². The predicted molar refractivity (Wildman–Crippen MR) is 91.4 cm³/mol. The van der Waals surface area contributed by atoms with E-state index < -0.39 is 23.3 Å². The van der Waals surface area contributed by atoms with Gasteiger partial charge < -0.3 is 10.2 Å². The van der Waals surface area contributed by atoms with Crippen LogP contribution in [0.2, 0.25) is 0 Å². The van der Waals surface area contributed by atoms with Crippen molar-refractivity contribution in [2.75, 3.05) is 0 Å². The van der Waals surface area contributed by atoms with E-state index in [9.17, 15) is 19.8 Å². The molecule has 2 N–H and O–H groups in total. The van der Waals surface area contributed by atoms with Crippen molar-refractivity contribution in [1.29, 1.82) is 0 Å². The molecule has 0 amide bonds. The average molecular weight is 326 g/mol. The lowest BCUT2D eigenvalue weighted by Crippen LogP contribution is -2.50. The van der Waals surface area contributed by atoms with Crippen molar-refractivity contribution in [3.63, 3.8) is 0 Å². The molecule has 4 nitrogen and oxygen atoms in total. The number of carboxylic acids is 2. The minimum absolute atomic E-state index is 0.0350. The molecule has 1 aliphatic rings. The largest absolute Gasteiger partial charge is 0.481 e. The monoisotopic (exact) mass is 326 g/mol. The van der Waals surface area contributed by atoms with Gasteiger partial charge in [0.25, 0.3) is 0 Å². The Labute approximate surface area is 140 Å². The zero-order chi connectivity index (χ0) is 17.5. The van der Waals surface area contributed by atoms with Gasteiger partial charge in [0.15, 0.2) is 0 Å². The van der Waals surface area contributed by atoms with E-state index in [1.807, 2.05) is 13.8 Å². The Morgan fingerprint density at radius 1 is 1.09 bits per heavy atom. The van der Waals surface area contributed by atoms with Crippen molar-refractivity contribution in [2.24, 2.45) is 23.2 Å². The van der Waals surface area contributed by atoms with E-state index in [4.69, 9.17) is 0 Å². The molecule has 134 valence electrons. The van der Waals surface area contributed by atoms with E-state index in [0.717, 1.165) is 19.3 Å². The standard InChI is InChI=1S/C19H34O4/c1-4-5-6-7-8-9-12-16-15(17(20)21)11-10-13-19(16,14(2)3)18(22)23/h14-16H,4-13H2,1-3H3,(H,20,21)(H,22,23). The summed E-state index contributed by atoms with van der Waals surface area (Å²) in [4.78, 5) is 23.8. The first-order chi connectivity index (χ1) is 10.9. The molecule has 1 aliphatic carbocycles. The Hall–Kier alpha value is -1.06. The second-order valence-corrected chi connectivity index (χ2v) is 7.50. The first kappa shape index (κ1) is 20.0. The summed E-state index contributed by atoms with van der Waals surface area (Å²) in [5.41, 5.74) is -0.870. The van der Waals surface area contributed by atoms with Crippen LogP contribution >= 0.6 is 0 Å². The van der Waals surface area contributed by atoms with Crippen molar-refractivity contribution < 1.29 is 19.8 Å². The predicted octanol–water partition coefficient (Wildman–Crippen LogP) is 4.96. The summed E-state index contributed by atoms with van der Waals surface area (Å²) in [7, 11) is 0. The Morgan fingerprint density at radius 3 is 2.22 bits per heavy atom. The molecule has 23 heavy (non-hydrogen) atoms. The molecule has 1 fully saturated rings. The third-order valence-corrected chi connectivity index (χ3v) is 5.87. The fourth-order valence-corrected chi connectivity index (χ4v) is 4.49. The van der Waals surface area contributed by atoms with Crippen LogP contribution in [0.25, 0.3) is 0 Å². The van der Waals surface area contributed by atoms with Crippen LogP contribution in [-0.4, -0.2) is 22.2 Å². The SMILES string of the molecule is CCCCCCCCC1C(C(=O)O)CCCC1(C(=O)O)C(C)C. The van der Waals surface area contributed by atoms with Gasteiger partial charge in [-0.2, -0.15) is 0 Å². The summed E-state index contributed by atoms with van der Waals surface area (Å²) < 4.78 is 0. The van der Waals surface area contributed by atoms with Gasteiger partial charge in [0.2, 0.25) is 0 Å². The molecule has 0 aromatic carbocycles. The highest BCUT2D eigenvalue weighted by Crippen LogP contribution is 2.51. The summed E-state index contributed by atoms with van der Waals surface area (Å²) in [6.07, 6.45) is 9.53. The third-order valence-electron chi connectivity index (χ3n) is 5.87. The summed E-state index contributed by atoms with van der Waals surface area (Å²) in [6, 6.07) is 0. The Bertz CT molecular complexity index is 391. The molecule has 1 rings (SSSR count). The lowest BCUT2D eigenvalue weighted by atomic mass is 9.55. The Morgan fingerprint density at radius 2 is 1.70 bits per heavy atom. The molecule has 1 saturated carbocycles. The molecule has 3 atom stereocenters. The fraction of sp³-hybridized carbons (Fsp3) is 0.895. The summed E-state index contributed by atoms with van der Waals surface area (Å²) in [5, 5.41) is 19.5. The summed E-state index contributed by atoms with van der Waals surface area (Å²) in [6.45, 7) is 6.06. The maximum Gasteiger partial charge on any atom is 0.310 e. The highest BCUT2D eigenvalue weighted by molar-refractivity contribution is 5.78. The Kier molecular flexibility index (Phi) is 8.07. The number of unbranched alkanes of at least 4 members (excludes halogenated alkanes) is 5. The van der Waals surface area contributed by atoms with Gasteiger partial charge >= 0.3 is 11.9 Å². The number of rotatable bonds is 10. The van der Waals surface area contributed by atoms with Crippen molar-refractivity contribution in [2.45, 2.75) is 85.0 Å². The molecule has 3 unspecified atom stereocenters. The lowest BCUT2D eigenvalue weighted by Gasteiger charge is -2.47. The van der Waals surface area contributed by atoms with Crippen molar-refractivity contribution in [3.05, 3.63) is 0 Å². The number of hydrogen-bond donors (Lipinski definition) is 2. The maximum atomic E-state index is 12.1. The normalized spacial score (nSPS) is 28.0. The number of carboxylic acid groups (broad SMARTS) is 2. The second-order valence-electron chi connectivity index (χ2n) is 7.50. The van der Waals surface area contributed by atoms with Gasteiger partial charge in [-0.1, -0.05) is 65.7 Å². The molecule has 0 saturated heterocycles. The number of carbonyl (C=O) groups is 2. The Balaban J connectivity index is 2.82. The number of hydrogen-bond acceptors (Lipinski definition) is 2. The van der Waals surface area contributed by atoms with Crippen molar-refractivity contribution >= 4 is 11.9 Å². The summed E-state index contributed by atoms with van der Waals surface area (Å²) in [5.74, 6) is -2.39. The fourth-order valence-electron chi connectivity index (χ4n) is 4.49. The highest BCUT2D eigenvalue weighted by atomic mass is 16.4. The van der Waals surface area contributed by atoms with Crippen LogP contribution in [0.3, 0.4) is 0 Å². The van der Waals surface area contributed by atoms with Gasteiger partial charge in [0.1, 0.15) is 0 Å². The van der Waals surface area contributed by atoms with Crippen molar-refractivity contribution in [3.8, 4) is 0 Å². The minimum atomic E-state index is -0.870. The summed E-state index contributed by atoms with van der Waals surface area (Å²) >= 11 is 0. The molecule has 0 heterocycles. The number of aliphatic carboxylic acids is 2. The van der Waals surface area contributed by atoms with Gasteiger partial charge in [-0.05, 0) is 31.1 Å². The molecule has 0 aliphatic heterocycles. The van der Waals surface area contributed by atoms with E-state index in [1.54, 1.807) is 0 Å². The highest BCUT2D eigenvalue weighted by Gasteiger charge is 2.54. The van der Waals surface area contributed by atoms with Gasteiger partial charge in [-0.25, -0.2) is 0 Å². The third kappa shape index (κ3) is 4.71. The van der Waals surface area contributed by atoms with E-state index in [-0.39, 0.29) is 11.8 Å². The van der Waals surface area contributed by atoms with Crippen LogP contribution in [0.4, 0.5) is 0 Å². The molecule has 0 bridgehead atoms. The van der Waals surface area contributed by atoms with Gasteiger partial charge in [0.05, 0.1) is 11.3 Å². The van der Waals surface area contributed by atoms with E-state index >= 15 is 0 Å². The quantitative estimate of drug-likeness (QED) is 0.556. The molecule has 0 radical (unpaired) electrons. The van der Waals surface area contributed by atoms with Crippen LogP contribution in [0.15, 0.2) is 0 Å². The van der Waals surface area contributed by atoms with Crippen LogP contribution in [0.5, 0.6) is 0 Å². The van der Waals surface area contributed by atoms with E-state index in [1.165, 1.54) is 25.7 Å². The minimum Gasteiger partial charge on any atom is -0.481 e. The molecule has 4 heteroatoms. The van der Waals surface area contributed by atoms with E-state index in [2.05, 4.69) is 6.92 Å². The topological polar surface area (TPSA) is 74.6 Å². The first-order valence-electron chi connectivity index (χ1n) is 9.34. The molecule has 0 spiro atoms. The second kappa shape index (κ2) is 9.29. The lowest BCUT2D eigenvalue weighted by molar-refractivity contribution is -0.168. The zero-order valence-electron chi connectivity index (χ0n) is 15.0. The van der Waals surface area contributed by atoms with Gasteiger partial charge in [-0.3, -0.25) is 9.59 Å². The van der Waals surface area contributed by atoms with Crippen LogP contribution in [0, 0.1) is 23.2 Å². The van der Waals surface area contributed by atoms with Crippen LogP contribution in [0.1, 0.15) is 85.0 Å². The van der Waals surface area contributed by atoms with E-state index in [0.29, 0.717) is 19.3 Å².